The number of carbonyl (C=O) groups is 1. The van der Waals surface area contributed by atoms with Crippen molar-refractivity contribution in [1.82, 2.24) is 5.32 Å². The van der Waals surface area contributed by atoms with Crippen molar-refractivity contribution < 1.29 is 18.0 Å². The molecule has 0 bridgehead atoms. The SMILES string of the molecule is CNCCCC(=O)Nc1ccc(C#N)cc1C(F)(F)F. The van der Waals surface area contributed by atoms with E-state index in [0.29, 0.717) is 13.0 Å². The molecule has 2 N–H and O–H groups in total. The van der Waals surface area contributed by atoms with Gasteiger partial charge < -0.3 is 10.6 Å². The quantitative estimate of drug-likeness (QED) is 0.817. The second-order valence-corrected chi connectivity index (χ2v) is 4.13. The van der Waals surface area contributed by atoms with Crippen LogP contribution in [0.1, 0.15) is 24.0 Å². The van der Waals surface area contributed by atoms with E-state index >= 15 is 0 Å². The summed E-state index contributed by atoms with van der Waals surface area (Å²) in [5.41, 5.74) is -1.45. The molecule has 0 aliphatic heterocycles. The van der Waals surface area contributed by atoms with Crippen LogP contribution in [0.4, 0.5) is 18.9 Å². The molecule has 7 heteroatoms. The molecule has 0 aliphatic rings. The number of amides is 1. The second kappa shape index (κ2) is 6.91. The molecule has 1 aromatic carbocycles. The summed E-state index contributed by atoms with van der Waals surface area (Å²) < 4.78 is 38.6. The minimum absolute atomic E-state index is 0.106. The van der Waals surface area contributed by atoms with Crippen molar-refractivity contribution in [3.63, 3.8) is 0 Å². The largest absolute Gasteiger partial charge is 0.418 e. The summed E-state index contributed by atoms with van der Waals surface area (Å²) in [6.07, 6.45) is -3.97. The number of anilines is 1. The Bertz CT molecular complexity index is 521. The maximum atomic E-state index is 12.9. The van der Waals surface area contributed by atoms with Crippen LogP contribution in [-0.2, 0) is 11.0 Å². The number of rotatable bonds is 5. The van der Waals surface area contributed by atoms with Crippen molar-refractivity contribution in [2.75, 3.05) is 18.9 Å². The topological polar surface area (TPSA) is 64.9 Å². The van der Waals surface area contributed by atoms with Gasteiger partial charge in [-0.15, -0.1) is 0 Å². The van der Waals surface area contributed by atoms with Gasteiger partial charge in [0.1, 0.15) is 0 Å². The van der Waals surface area contributed by atoms with Gasteiger partial charge in [-0.05, 0) is 38.2 Å². The van der Waals surface area contributed by atoms with Crippen LogP contribution >= 0.6 is 0 Å². The molecule has 0 aromatic heterocycles. The van der Waals surface area contributed by atoms with Gasteiger partial charge in [-0.1, -0.05) is 0 Å². The van der Waals surface area contributed by atoms with E-state index in [4.69, 9.17) is 5.26 Å². The number of hydrogen-bond acceptors (Lipinski definition) is 3. The highest BCUT2D eigenvalue weighted by molar-refractivity contribution is 5.91. The van der Waals surface area contributed by atoms with Gasteiger partial charge >= 0.3 is 6.18 Å². The van der Waals surface area contributed by atoms with Crippen LogP contribution in [0.15, 0.2) is 18.2 Å². The Kier molecular flexibility index (Phi) is 5.53. The molecule has 0 radical (unpaired) electrons. The van der Waals surface area contributed by atoms with Crippen molar-refractivity contribution in [2.24, 2.45) is 0 Å². The summed E-state index contributed by atoms with van der Waals surface area (Å²) in [6, 6.07) is 4.70. The number of carbonyl (C=O) groups excluding carboxylic acids is 1. The molecule has 0 atom stereocenters. The first-order chi connectivity index (χ1) is 9.38. The molecular formula is C13H14F3N3O. The molecule has 0 saturated carbocycles. The van der Waals surface area contributed by atoms with E-state index in [1.54, 1.807) is 13.1 Å². The lowest BCUT2D eigenvalue weighted by Gasteiger charge is -2.14. The van der Waals surface area contributed by atoms with Crippen molar-refractivity contribution in [1.29, 1.82) is 5.26 Å². The van der Waals surface area contributed by atoms with Gasteiger partial charge in [-0.2, -0.15) is 18.4 Å². The van der Waals surface area contributed by atoms with Crippen LogP contribution in [0.25, 0.3) is 0 Å². The maximum absolute atomic E-state index is 12.9. The first-order valence-corrected chi connectivity index (χ1v) is 5.94. The molecule has 0 aliphatic carbocycles. The number of nitriles is 1. The van der Waals surface area contributed by atoms with Crippen molar-refractivity contribution in [3.8, 4) is 6.07 Å². The maximum Gasteiger partial charge on any atom is 0.418 e. The minimum atomic E-state index is -4.62. The third-order valence-corrected chi connectivity index (χ3v) is 2.56. The highest BCUT2D eigenvalue weighted by atomic mass is 19.4. The Labute approximate surface area is 114 Å². The summed E-state index contributed by atoms with van der Waals surface area (Å²) in [4.78, 5) is 11.5. The first kappa shape index (κ1) is 16.0. The molecule has 1 aromatic rings. The van der Waals surface area contributed by atoms with E-state index in [1.807, 2.05) is 0 Å². The van der Waals surface area contributed by atoms with Crippen LogP contribution in [0, 0.1) is 11.3 Å². The molecule has 0 saturated heterocycles. The zero-order valence-electron chi connectivity index (χ0n) is 10.8. The predicted molar refractivity (Wildman–Crippen MR) is 67.9 cm³/mol. The average molecular weight is 285 g/mol. The van der Waals surface area contributed by atoms with Gasteiger partial charge in [0.25, 0.3) is 0 Å². The molecule has 0 spiro atoms. The lowest BCUT2D eigenvalue weighted by molar-refractivity contribution is -0.137. The number of alkyl halides is 3. The van der Waals surface area contributed by atoms with Gasteiger partial charge in [-0.3, -0.25) is 4.79 Å². The zero-order chi connectivity index (χ0) is 15.2. The Morgan fingerprint density at radius 2 is 2.10 bits per heavy atom. The number of nitrogens with zero attached hydrogens (tertiary/aromatic N) is 1. The highest BCUT2D eigenvalue weighted by Crippen LogP contribution is 2.35. The fourth-order valence-corrected chi connectivity index (χ4v) is 1.60. The number of nitrogens with one attached hydrogen (secondary N) is 2. The van der Waals surface area contributed by atoms with E-state index < -0.39 is 17.6 Å². The average Bonchev–Trinajstić information content (AvgIpc) is 2.38. The van der Waals surface area contributed by atoms with Gasteiger partial charge in [-0.25, -0.2) is 0 Å². The minimum Gasteiger partial charge on any atom is -0.326 e. The summed E-state index contributed by atoms with van der Waals surface area (Å²) >= 11 is 0. The summed E-state index contributed by atoms with van der Waals surface area (Å²) in [5.74, 6) is -0.490. The lowest BCUT2D eigenvalue weighted by Crippen LogP contribution is -2.18. The van der Waals surface area contributed by atoms with Crippen molar-refractivity contribution in [3.05, 3.63) is 29.3 Å². The molecule has 0 fully saturated rings. The third-order valence-electron chi connectivity index (χ3n) is 2.56. The third kappa shape index (κ3) is 4.55. The van der Waals surface area contributed by atoms with Crippen LogP contribution in [0.3, 0.4) is 0 Å². The lowest BCUT2D eigenvalue weighted by atomic mass is 10.1. The number of hydrogen-bond donors (Lipinski definition) is 2. The molecule has 4 nitrogen and oxygen atoms in total. The Morgan fingerprint density at radius 1 is 1.40 bits per heavy atom. The first-order valence-electron chi connectivity index (χ1n) is 5.94. The zero-order valence-corrected chi connectivity index (χ0v) is 10.8. The molecule has 108 valence electrons. The Balaban J connectivity index is 2.89. The summed E-state index contributed by atoms with van der Waals surface area (Å²) in [7, 11) is 1.72. The van der Waals surface area contributed by atoms with E-state index in [9.17, 15) is 18.0 Å². The van der Waals surface area contributed by atoms with Gasteiger partial charge in [0.05, 0.1) is 22.9 Å². The normalized spacial score (nSPS) is 10.9. The summed E-state index contributed by atoms with van der Waals surface area (Å²) in [5, 5.41) is 13.7. The molecule has 0 heterocycles. The number of halogens is 3. The smallest absolute Gasteiger partial charge is 0.326 e. The standard InChI is InChI=1S/C13H14F3N3O/c1-18-6-2-3-12(20)19-11-5-4-9(8-17)7-10(11)13(14,15)16/h4-5,7,18H,2-3,6H2,1H3,(H,19,20). The van der Waals surface area contributed by atoms with Crippen molar-refractivity contribution >= 4 is 11.6 Å². The fraction of sp³-hybridized carbons (Fsp3) is 0.385. The van der Waals surface area contributed by atoms with E-state index in [-0.39, 0.29) is 17.7 Å². The predicted octanol–water partition coefficient (Wildman–Crippen LogP) is 2.52. The monoisotopic (exact) mass is 285 g/mol. The molecular weight excluding hydrogens is 271 g/mol. The van der Waals surface area contributed by atoms with Gasteiger partial charge in [0.2, 0.25) is 5.91 Å². The summed E-state index contributed by atoms with van der Waals surface area (Å²) in [6.45, 7) is 0.604. The van der Waals surface area contributed by atoms with Gasteiger partial charge in [0, 0.05) is 6.42 Å². The Hall–Kier alpha value is -2.07. The molecule has 20 heavy (non-hydrogen) atoms. The van der Waals surface area contributed by atoms with Crippen LogP contribution < -0.4 is 10.6 Å². The number of benzene rings is 1. The van der Waals surface area contributed by atoms with E-state index in [0.717, 1.165) is 12.1 Å². The molecule has 1 amide bonds. The van der Waals surface area contributed by atoms with E-state index in [2.05, 4.69) is 10.6 Å². The molecule has 1 rings (SSSR count). The highest BCUT2D eigenvalue weighted by Gasteiger charge is 2.34. The van der Waals surface area contributed by atoms with Crippen molar-refractivity contribution in [2.45, 2.75) is 19.0 Å². The van der Waals surface area contributed by atoms with E-state index in [1.165, 1.54) is 6.07 Å². The fourth-order valence-electron chi connectivity index (χ4n) is 1.60. The van der Waals surface area contributed by atoms with Crippen LogP contribution in [-0.4, -0.2) is 19.5 Å². The second-order valence-electron chi connectivity index (χ2n) is 4.13. The van der Waals surface area contributed by atoms with Crippen LogP contribution in [0.2, 0.25) is 0 Å². The Morgan fingerprint density at radius 3 is 2.65 bits per heavy atom. The van der Waals surface area contributed by atoms with Gasteiger partial charge in [0.15, 0.2) is 0 Å². The molecule has 0 unspecified atom stereocenters. The van der Waals surface area contributed by atoms with Crippen LogP contribution in [0.5, 0.6) is 0 Å².